The van der Waals surface area contributed by atoms with E-state index in [2.05, 4.69) is 10.3 Å². The van der Waals surface area contributed by atoms with E-state index in [0.29, 0.717) is 31.7 Å². The van der Waals surface area contributed by atoms with E-state index in [0.717, 1.165) is 0 Å². The number of carbonyl (C=O) groups excluding carboxylic acids is 1. The van der Waals surface area contributed by atoms with Gasteiger partial charge in [0.2, 0.25) is 0 Å². The zero-order valence-corrected chi connectivity index (χ0v) is 9.63. The van der Waals surface area contributed by atoms with Gasteiger partial charge in [-0.1, -0.05) is 0 Å². The van der Waals surface area contributed by atoms with E-state index in [1.807, 2.05) is 0 Å². The van der Waals surface area contributed by atoms with Crippen molar-refractivity contribution in [2.24, 2.45) is 0 Å². The Morgan fingerprint density at radius 1 is 1.62 bits per heavy atom. The third-order valence-electron chi connectivity index (χ3n) is 2.80. The quantitative estimate of drug-likeness (QED) is 0.805. The fourth-order valence-electron chi connectivity index (χ4n) is 1.71. The van der Waals surface area contributed by atoms with Crippen LogP contribution in [0, 0.1) is 0 Å². The molecule has 2 N–H and O–H groups in total. The maximum absolute atomic E-state index is 11.8. The topological polar surface area (TPSA) is 71.5 Å². The number of amides is 1. The van der Waals surface area contributed by atoms with E-state index in [4.69, 9.17) is 4.74 Å². The van der Waals surface area contributed by atoms with Crippen molar-refractivity contribution in [3.8, 4) is 0 Å². The van der Waals surface area contributed by atoms with Crippen molar-refractivity contribution in [3.63, 3.8) is 0 Å². The number of rotatable bonds is 3. The molecule has 6 heteroatoms. The first-order valence-corrected chi connectivity index (χ1v) is 6.09. The Morgan fingerprint density at radius 3 is 2.94 bits per heavy atom. The molecule has 0 radical (unpaired) electrons. The molecule has 5 nitrogen and oxygen atoms in total. The van der Waals surface area contributed by atoms with Gasteiger partial charge in [-0.15, -0.1) is 11.3 Å². The van der Waals surface area contributed by atoms with Crippen LogP contribution >= 0.6 is 11.3 Å². The number of nitrogens with one attached hydrogen (secondary N) is 1. The van der Waals surface area contributed by atoms with Crippen molar-refractivity contribution in [1.29, 1.82) is 0 Å². The van der Waals surface area contributed by atoms with Gasteiger partial charge >= 0.3 is 0 Å². The van der Waals surface area contributed by atoms with Crippen molar-refractivity contribution in [2.75, 3.05) is 19.8 Å². The highest BCUT2D eigenvalue weighted by molar-refractivity contribution is 7.07. The van der Waals surface area contributed by atoms with Crippen molar-refractivity contribution in [3.05, 3.63) is 16.6 Å². The molecule has 1 amide bonds. The Morgan fingerprint density at radius 2 is 2.38 bits per heavy atom. The van der Waals surface area contributed by atoms with Crippen LogP contribution in [0.3, 0.4) is 0 Å². The van der Waals surface area contributed by atoms with Gasteiger partial charge in [-0.25, -0.2) is 4.98 Å². The van der Waals surface area contributed by atoms with Gasteiger partial charge in [-0.05, 0) is 12.8 Å². The van der Waals surface area contributed by atoms with Crippen molar-refractivity contribution >= 4 is 17.2 Å². The highest BCUT2D eigenvalue weighted by atomic mass is 32.1. The highest BCUT2D eigenvalue weighted by Gasteiger charge is 2.34. The highest BCUT2D eigenvalue weighted by Crippen LogP contribution is 2.20. The fourth-order valence-corrected chi connectivity index (χ4v) is 2.25. The van der Waals surface area contributed by atoms with Crippen LogP contribution in [0.25, 0.3) is 0 Å². The minimum absolute atomic E-state index is 0.0633. The predicted octanol–water partition coefficient (Wildman–Crippen LogP) is 0.414. The van der Waals surface area contributed by atoms with Crippen molar-refractivity contribution < 1.29 is 14.6 Å². The third kappa shape index (κ3) is 2.40. The summed E-state index contributed by atoms with van der Waals surface area (Å²) in [7, 11) is 0. The average Bonchev–Trinajstić information content (AvgIpc) is 2.84. The van der Waals surface area contributed by atoms with Gasteiger partial charge in [0.25, 0.3) is 5.91 Å². The molecule has 1 aliphatic rings. The monoisotopic (exact) mass is 242 g/mol. The number of thiazole rings is 1. The Hall–Kier alpha value is -0.980. The van der Waals surface area contributed by atoms with E-state index in [-0.39, 0.29) is 12.5 Å². The Kier molecular flexibility index (Phi) is 3.52. The van der Waals surface area contributed by atoms with E-state index < -0.39 is 5.54 Å². The summed E-state index contributed by atoms with van der Waals surface area (Å²) in [5, 5.41) is 14.0. The van der Waals surface area contributed by atoms with Gasteiger partial charge in [0.05, 0.1) is 17.7 Å². The summed E-state index contributed by atoms with van der Waals surface area (Å²) < 4.78 is 5.22. The van der Waals surface area contributed by atoms with Crippen LogP contribution in [-0.2, 0) is 4.74 Å². The lowest BCUT2D eigenvalue weighted by Crippen LogP contribution is -2.54. The number of hydrogen-bond acceptors (Lipinski definition) is 5. The van der Waals surface area contributed by atoms with Gasteiger partial charge in [0.1, 0.15) is 5.69 Å². The van der Waals surface area contributed by atoms with E-state index in [1.54, 1.807) is 10.9 Å². The number of ether oxygens (including phenoxy) is 1. The second kappa shape index (κ2) is 4.90. The maximum Gasteiger partial charge on any atom is 0.271 e. The van der Waals surface area contributed by atoms with Gasteiger partial charge in [0.15, 0.2) is 0 Å². The molecule has 16 heavy (non-hydrogen) atoms. The van der Waals surface area contributed by atoms with Crippen LogP contribution in [0.15, 0.2) is 10.9 Å². The van der Waals surface area contributed by atoms with Gasteiger partial charge in [-0.3, -0.25) is 4.79 Å². The lowest BCUT2D eigenvalue weighted by Gasteiger charge is -2.36. The van der Waals surface area contributed by atoms with Crippen molar-refractivity contribution in [2.45, 2.75) is 18.4 Å². The number of aliphatic hydroxyl groups is 1. The van der Waals surface area contributed by atoms with Gasteiger partial charge in [-0.2, -0.15) is 0 Å². The number of carbonyl (C=O) groups is 1. The molecule has 1 aromatic heterocycles. The first kappa shape index (κ1) is 11.5. The second-order valence-electron chi connectivity index (χ2n) is 3.88. The molecule has 0 aromatic carbocycles. The van der Waals surface area contributed by atoms with Gasteiger partial charge < -0.3 is 15.2 Å². The fraction of sp³-hybridized carbons (Fsp3) is 0.600. The molecule has 1 saturated heterocycles. The first-order valence-electron chi connectivity index (χ1n) is 5.15. The molecule has 0 atom stereocenters. The summed E-state index contributed by atoms with van der Waals surface area (Å²) in [5.41, 5.74) is 1.48. The van der Waals surface area contributed by atoms with Crippen LogP contribution in [-0.4, -0.2) is 41.4 Å². The molecule has 0 spiro atoms. The summed E-state index contributed by atoms with van der Waals surface area (Å²) in [6.07, 6.45) is 1.28. The molecule has 1 aromatic rings. The van der Waals surface area contributed by atoms with Crippen LogP contribution in [0.5, 0.6) is 0 Å². The Bertz CT molecular complexity index is 347. The van der Waals surface area contributed by atoms with Gasteiger partial charge in [0, 0.05) is 18.6 Å². The molecule has 2 heterocycles. The summed E-state index contributed by atoms with van der Waals surface area (Å²) in [5.74, 6) is -0.225. The van der Waals surface area contributed by atoms with E-state index >= 15 is 0 Å². The zero-order valence-electron chi connectivity index (χ0n) is 8.81. The summed E-state index contributed by atoms with van der Waals surface area (Å²) in [6, 6.07) is 0. The molecule has 1 fully saturated rings. The molecular formula is C10H14N2O3S. The molecule has 1 aliphatic heterocycles. The Balaban J connectivity index is 2.03. The van der Waals surface area contributed by atoms with Crippen molar-refractivity contribution in [1.82, 2.24) is 10.3 Å². The Labute approximate surface area is 97.5 Å². The molecule has 0 bridgehead atoms. The normalized spacial score (nSPS) is 19.3. The number of aliphatic hydroxyl groups excluding tert-OH is 1. The minimum atomic E-state index is -0.543. The molecular weight excluding hydrogens is 228 g/mol. The smallest absolute Gasteiger partial charge is 0.271 e. The third-order valence-corrected chi connectivity index (χ3v) is 3.38. The van der Waals surface area contributed by atoms with Crippen LogP contribution in [0.2, 0.25) is 0 Å². The zero-order chi connectivity index (χ0) is 11.4. The largest absolute Gasteiger partial charge is 0.394 e. The second-order valence-corrected chi connectivity index (χ2v) is 4.60. The molecule has 0 aliphatic carbocycles. The first-order chi connectivity index (χ1) is 7.76. The summed E-state index contributed by atoms with van der Waals surface area (Å²) >= 11 is 1.38. The average molecular weight is 242 g/mol. The molecule has 0 saturated carbocycles. The SMILES string of the molecule is O=C(NC1(CO)CCOCC1)c1cscn1. The lowest BCUT2D eigenvalue weighted by atomic mass is 9.91. The predicted molar refractivity (Wildman–Crippen MR) is 59.5 cm³/mol. The lowest BCUT2D eigenvalue weighted by molar-refractivity contribution is 0.0124. The van der Waals surface area contributed by atoms with Crippen LogP contribution in [0.4, 0.5) is 0 Å². The molecule has 0 unspecified atom stereocenters. The van der Waals surface area contributed by atoms with Crippen LogP contribution < -0.4 is 5.32 Å². The summed E-state index contributed by atoms with van der Waals surface area (Å²) in [6.45, 7) is 1.07. The number of hydrogen-bond donors (Lipinski definition) is 2. The van der Waals surface area contributed by atoms with Crippen LogP contribution in [0.1, 0.15) is 23.3 Å². The molecule has 2 rings (SSSR count). The number of aromatic nitrogens is 1. The maximum atomic E-state index is 11.8. The minimum Gasteiger partial charge on any atom is -0.394 e. The molecule has 88 valence electrons. The van der Waals surface area contributed by atoms with E-state index in [9.17, 15) is 9.90 Å². The summed E-state index contributed by atoms with van der Waals surface area (Å²) in [4.78, 5) is 15.8. The standard InChI is InChI=1S/C10H14N2O3S/c13-6-10(1-3-15-4-2-10)12-9(14)8-5-16-7-11-8/h5,7,13H,1-4,6H2,(H,12,14). The van der Waals surface area contributed by atoms with E-state index in [1.165, 1.54) is 11.3 Å². The number of nitrogens with zero attached hydrogens (tertiary/aromatic N) is 1.